The van der Waals surface area contributed by atoms with Gasteiger partial charge in [0, 0.05) is 18.5 Å². The van der Waals surface area contributed by atoms with Gasteiger partial charge in [-0.1, -0.05) is 0 Å². The van der Waals surface area contributed by atoms with Crippen molar-refractivity contribution in [3.63, 3.8) is 0 Å². The number of sulfonamides is 1. The van der Waals surface area contributed by atoms with Crippen LogP contribution in [-0.4, -0.2) is 20.9 Å². The van der Waals surface area contributed by atoms with E-state index >= 15 is 0 Å². The minimum Gasteiger partial charge on any atom is -0.351 e. The van der Waals surface area contributed by atoms with E-state index in [1.165, 1.54) is 0 Å². The number of nitrogens with one attached hydrogen (secondary N) is 1. The lowest BCUT2D eigenvalue weighted by Crippen LogP contribution is -2.25. The van der Waals surface area contributed by atoms with Gasteiger partial charge >= 0.3 is 0 Å². The van der Waals surface area contributed by atoms with Gasteiger partial charge in [0.25, 0.3) is 5.91 Å². The lowest BCUT2D eigenvalue weighted by atomic mass is 10.2. The molecule has 0 bridgehead atoms. The molecule has 0 aliphatic heterocycles. The first-order chi connectivity index (χ1) is 8.84. The Bertz CT molecular complexity index is 645. The smallest absolute Gasteiger partial charge is 0.251 e. The molecule has 0 aliphatic carbocycles. The summed E-state index contributed by atoms with van der Waals surface area (Å²) >= 11 is 0. The average molecular weight is 284 g/mol. The van der Waals surface area contributed by atoms with E-state index < -0.39 is 26.6 Å². The van der Waals surface area contributed by atoms with E-state index in [0.717, 1.165) is 18.2 Å². The predicted molar refractivity (Wildman–Crippen MR) is 68.2 cm³/mol. The summed E-state index contributed by atoms with van der Waals surface area (Å²) in [5, 5.41) is 7.39. The van der Waals surface area contributed by atoms with Crippen LogP contribution in [0.2, 0.25) is 0 Å². The Kier molecular flexibility index (Phi) is 5.03. The van der Waals surface area contributed by atoms with Crippen LogP contribution in [0.25, 0.3) is 0 Å². The summed E-state index contributed by atoms with van der Waals surface area (Å²) in [6.45, 7) is 1.97. The topological polar surface area (TPSA) is 89.3 Å². The molecule has 0 unspecified atom stereocenters. The first kappa shape index (κ1) is 15.1. The van der Waals surface area contributed by atoms with Crippen LogP contribution in [0.1, 0.15) is 23.7 Å². The van der Waals surface area contributed by atoms with Gasteiger partial charge in [0.05, 0.1) is 4.90 Å². The molecule has 102 valence electrons. The van der Waals surface area contributed by atoms with E-state index in [9.17, 15) is 17.6 Å². The maximum atomic E-state index is 13.2. The number of carbonyl (C=O) groups is 1. The van der Waals surface area contributed by atoms with Gasteiger partial charge in [0.15, 0.2) is 0 Å². The summed E-state index contributed by atoms with van der Waals surface area (Å²) in [6.07, 6.45) is 0.458. The molecule has 1 rings (SSSR count). The third-order valence-corrected chi connectivity index (χ3v) is 3.07. The highest BCUT2D eigenvalue weighted by Crippen LogP contribution is 2.13. The third-order valence-electron chi connectivity index (χ3n) is 2.17. The number of hydrogen-bond acceptors (Lipinski definition) is 3. The SMILES string of the molecule is CC#CCCNC(=O)c1cc(F)cc(S(N)(=O)=O)c1. The first-order valence-corrected chi connectivity index (χ1v) is 6.90. The molecule has 0 spiro atoms. The number of carbonyl (C=O) groups excluding carboxylic acids is 1. The normalized spacial score (nSPS) is 10.5. The number of primary sulfonamides is 1. The van der Waals surface area contributed by atoms with E-state index in [1.807, 2.05) is 0 Å². The molecule has 19 heavy (non-hydrogen) atoms. The van der Waals surface area contributed by atoms with Crippen LogP contribution in [0.3, 0.4) is 0 Å². The molecule has 0 saturated heterocycles. The molecule has 3 N–H and O–H groups in total. The van der Waals surface area contributed by atoms with Gasteiger partial charge in [-0.15, -0.1) is 11.8 Å². The highest BCUT2D eigenvalue weighted by Gasteiger charge is 2.14. The second-order valence-corrected chi connectivity index (χ2v) is 5.21. The number of rotatable bonds is 4. The Morgan fingerprint density at radius 3 is 2.68 bits per heavy atom. The summed E-state index contributed by atoms with van der Waals surface area (Å²) in [6, 6.07) is 2.73. The van der Waals surface area contributed by atoms with Gasteiger partial charge in [-0.25, -0.2) is 17.9 Å². The monoisotopic (exact) mass is 284 g/mol. The summed E-state index contributed by atoms with van der Waals surface area (Å²) in [5.41, 5.74) is -0.103. The Hall–Kier alpha value is -1.91. The highest BCUT2D eigenvalue weighted by atomic mass is 32.2. The predicted octanol–water partition coefficient (Wildman–Crippen LogP) is 0.616. The minimum atomic E-state index is -4.05. The van der Waals surface area contributed by atoms with Crippen molar-refractivity contribution >= 4 is 15.9 Å². The molecule has 1 aromatic carbocycles. The van der Waals surface area contributed by atoms with Gasteiger partial charge in [-0.2, -0.15) is 0 Å². The van der Waals surface area contributed by atoms with Gasteiger partial charge < -0.3 is 5.32 Å². The largest absolute Gasteiger partial charge is 0.351 e. The van der Waals surface area contributed by atoms with Crippen molar-refractivity contribution < 1.29 is 17.6 Å². The fraction of sp³-hybridized carbons (Fsp3) is 0.250. The Labute approximate surface area is 111 Å². The van der Waals surface area contributed by atoms with Crippen LogP contribution in [0, 0.1) is 17.7 Å². The van der Waals surface area contributed by atoms with E-state index in [4.69, 9.17) is 5.14 Å². The van der Waals surface area contributed by atoms with Gasteiger partial charge in [0.2, 0.25) is 10.0 Å². The van der Waals surface area contributed by atoms with Crippen molar-refractivity contribution in [1.29, 1.82) is 0 Å². The minimum absolute atomic E-state index is 0.103. The zero-order valence-electron chi connectivity index (χ0n) is 10.2. The van der Waals surface area contributed by atoms with E-state index in [0.29, 0.717) is 13.0 Å². The fourth-order valence-corrected chi connectivity index (χ4v) is 1.89. The molecular formula is C12H13FN2O3S. The van der Waals surface area contributed by atoms with Crippen LogP contribution in [0.15, 0.2) is 23.1 Å². The van der Waals surface area contributed by atoms with Crippen molar-refractivity contribution in [2.24, 2.45) is 5.14 Å². The molecule has 0 aliphatic rings. The third kappa shape index (κ3) is 4.69. The maximum Gasteiger partial charge on any atom is 0.251 e. The molecule has 0 fully saturated rings. The van der Waals surface area contributed by atoms with Crippen molar-refractivity contribution in [3.8, 4) is 11.8 Å². The van der Waals surface area contributed by atoms with Gasteiger partial charge in [-0.05, 0) is 25.1 Å². The Morgan fingerprint density at radius 1 is 1.42 bits per heavy atom. The molecule has 0 radical (unpaired) electrons. The lowest BCUT2D eigenvalue weighted by molar-refractivity contribution is 0.0954. The van der Waals surface area contributed by atoms with Crippen molar-refractivity contribution in [2.45, 2.75) is 18.2 Å². The Morgan fingerprint density at radius 2 is 2.11 bits per heavy atom. The van der Waals surface area contributed by atoms with E-state index in [1.54, 1.807) is 6.92 Å². The van der Waals surface area contributed by atoms with Gasteiger partial charge in [-0.3, -0.25) is 4.79 Å². The summed E-state index contributed by atoms with van der Waals surface area (Å²) < 4.78 is 35.5. The molecule has 0 aromatic heterocycles. The van der Waals surface area contributed by atoms with Gasteiger partial charge in [0.1, 0.15) is 5.82 Å². The number of amides is 1. The molecule has 0 heterocycles. The second kappa shape index (κ2) is 6.31. The van der Waals surface area contributed by atoms with Crippen molar-refractivity contribution in [1.82, 2.24) is 5.32 Å². The summed E-state index contributed by atoms with van der Waals surface area (Å²) in [7, 11) is -4.05. The summed E-state index contributed by atoms with van der Waals surface area (Å²) in [4.78, 5) is 11.2. The lowest BCUT2D eigenvalue weighted by Gasteiger charge is -2.05. The molecule has 1 amide bonds. The molecule has 7 heteroatoms. The van der Waals surface area contributed by atoms with E-state index in [2.05, 4.69) is 17.2 Å². The second-order valence-electron chi connectivity index (χ2n) is 3.65. The maximum absolute atomic E-state index is 13.2. The first-order valence-electron chi connectivity index (χ1n) is 5.36. The quantitative estimate of drug-likeness (QED) is 0.627. The Balaban J connectivity index is 2.91. The van der Waals surface area contributed by atoms with Crippen LogP contribution in [-0.2, 0) is 10.0 Å². The zero-order chi connectivity index (χ0) is 14.5. The molecule has 0 saturated carbocycles. The van der Waals surface area contributed by atoms with Crippen LogP contribution in [0.5, 0.6) is 0 Å². The van der Waals surface area contributed by atoms with E-state index in [-0.39, 0.29) is 5.56 Å². The summed E-state index contributed by atoms with van der Waals surface area (Å²) in [5.74, 6) is 3.99. The highest BCUT2D eigenvalue weighted by molar-refractivity contribution is 7.89. The van der Waals surface area contributed by atoms with Crippen LogP contribution in [0.4, 0.5) is 4.39 Å². The molecule has 5 nitrogen and oxygen atoms in total. The molecule has 1 aromatic rings. The van der Waals surface area contributed by atoms with Crippen LogP contribution >= 0.6 is 0 Å². The average Bonchev–Trinajstić information content (AvgIpc) is 2.32. The number of hydrogen-bond donors (Lipinski definition) is 2. The molecule has 0 atom stereocenters. The van der Waals surface area contributed by atoms with Crippen LogP contribution < -0.4 is 10.5 Å². The van der Waals surface area contributed by atoms with Crippen molar-refractivity contribution in [2.75, 3.05) is 6.54 Å². The standard InChI is InChI=1S/C12H13FN2O3S/c1-2-3-4-5-15-12(16)9-6-10(13)8-11(7-9)19(14,17)18/h6-8H,4-5H2,1H3,(H,15,16)(H2,14,17,18). The number of nitrogens with two attached hydrogens (primary N) is 1. The number of benzene rings is 1. The fourth-order valence-electron chi connectivity index (χ4n) is 1.32. The number of halogens is 1. The molecular weight excluding hydrogens is 271 g/mol. The zero-order valence-corrected chi connectivity index (χ0v) is 11.1. The van der Waals surface area contributed by atoms with Crippen molar-refractivity contribution in [3.05, 3.63) is 29.6 Å².